The topological polar surface area (TPSA) is 77.4 Å². The molecule has 3 aromatic rings. The summed E-state index contributed by atoms with van der Waals surface area (Å²) in [6, 6.07) is 6.29. The van der Waals surface area contributed by atoms with Gasteiger partial charge in [-0.2, -0.15) is 13.2 Å². The van der Waals surface area contributed by atoms with Gasteiger partial charge in [0.25, 0.3) is 5.56 Å². The van der Waals surface area contributed by atoms with Crippen molar-refractivity contribution >= 4 is 39.9 Å². The molecular formula is C20H13ClF4N2O4. The van der Waals surface area contributed by atoms with E-state index in [0.717, 1.165) is 17.7 Å². The van der Waals surface area contributed by atoms with Crippen LogP contribution in [0.25, 0.3) is 10.8 Å². The average molecular weight is 457 g/mol. The number of aromatic nitrogens is 1. The van der Waals surface area contributed by atoms with Gasteiger partial charge in [0.05, 0.1) is 28.1 Å². The van der Waals surface area contributed by atoms with Gasteiger partial charge >= 0.3 is 12.1 Å². The lowest BCUT2D eigenvalue weighted by atomic mass is 10.1. The third-order valence-corrected chi connectivity index (χ3v) is 4.51. The van der Waals surface area contributed by atoms with Gasteiger partial charge in [-0.3, -0.25) is 9.59 Å². The van der Waals surface area contributed by atoms with Gasteiger partial charge in [-0.15, -0.1) is 4.73 Å². The summed E-state index contributed by atoms with van der Waals surface area (Å²) in [7, 11) is 0. The second-order valence-electron chi connectivity index (χ2n) is 6.45. The highest BCUT2D eigenvalue weighted by Crippen LogP contribution is 2.32. The molecule has 0 saturated carbocycles. The van der Waals surface area contributed by atoms with Gasteiger partial charge in [0.2, 0.25) is 5.91 Å². The molecule has 1 aromatic heterocycles. The predicted octanol–water partition coefficient (Wildman–Crippen LogP) is 3.97. The van der Waals surface area contributed by atoms with Crippen LogP contribution in [-0.4, -0.2) is 16.6 Å². The number of hydrogen-bond donors (Lipinski definition) is 1. The first kappa shape index (κ1) is 22.3. The Bertz CT molecular complexity index is 1250. The van der Waals surface area contributed by atoms with E-state index in [4.69, 9.17) is 16.4 Å². The van der Waals surface area contributed by atoms with Crippen molar-refractivity contribution in [1.29, 1.82) is 0 Å². The number of alkyl halides is 3. The number of nitrogens with one attached hydrogen (secondary N) is 1. The van der Waals surface area contributed by atoms with Crippen molar-refractivity contribution in [2.24, 2.45) is 0 Å². The molecule has 0 aliphatic rings. The summed E-state index contributed by atoms with van der Waals surface area (Å²) < 4.78 is 52.4. The van der Waals surface area contributed by atoms with E-state index in [2.05, 4.69) is 5.32 Å². The molecule has 0 aliphatic heterocycles. The monoisotopic (exact) mass is 456 g/mol. The van der Waals surface area contributed by atoms with E-state index in [1.807, 2.05) is 0 Å². The number of anilines is 1. The van der Waals surface area contributed by atoms with Gasteiger partial charge in [-0.1, -0.05) is 17.7 Å². The van der Waals surface area contributed by atoms with Crippen LogP contribution in [0.4, 0.5) is 23.2 Å². The molecule has 1 N–H and O–H groups in total. The van der Waals surface area contributed by atoms with Crippen molar-refractivity contribution in [2.75, 3.05) is 5.32 Å². The van der Waals surface area contributed by atoms with E-state index in [-0.39, 0.29) is 27.0 Å². The van der Waals surface area contributed by atoms with E-state index in [0.29, 0.717) is 12.1 Å². The molecule has 1 heterocycles. The maximum Gasteiger partial charge on any atom is 0.419 e. The average Bonchev–Trinajstić information content (AvgIpc) is 2.65. The highest BCUT2D eigenvalue weighted by atomic mass is 35.5. The summed E-state index contributed by atoms with van der Waals surface area (Å²) >= 11 is 6.13. The fraction of sp³-hybridized carbons (Fsp3) is 0.150. The molecular weight excluding hydrogens is 444 g/mol. The Kier molecular flexibility index (Phi) is 6.03. The molecule has 0 fully saturated rings. The Morgan fingerprint density at radius 2 is 1.84 bits per heavy atom. The van der Waals surface area contributed by atoms with Crippen molar-refractivity contribution in [3.63, 3.8) is 0 Å². The zero-order valence-electron chi connectivity index (χ0n) is 15.7. The summed E-state index contributed by atoms with van der Waals surface area (Å²) in [5.74, 6) is -2.91. The molecule has 0 bridgehead atoms. The molecule has 31 heavy (non-hydrogen) atoms. The van der Waals surface area contributed by atoms with Crippen LogP contribution < -0.4 is 15.7 Å². The molecule has 2 aromatic carbocycles. The number of hydrogen-bond acceptors (Lipinski definition) is 4. The number of fused-ring (bicyclic) bond motifs is 1. The Morgan fingerprint density at radius 3 is 2.45 bits per heavy atom. The third-order valence-electron chi connectivity index (χ3n) is 4.20. The van der Waals surface area contributed by atoms with Crippen LogP contribution >= 0.6 is 11.6 Å². The number of nitrogens with zero attached hydrogens (tertiary/aromatic N) is 1. The van der Waals surface area contributed by atoms with Crippen molar-refractivity contribution < 1.29 is 32.0 Å². The normalized spacial score (nSPS) is 11.4. The van der Waals surface area contributed by atoms with Crippen molar-refractivity contribution in [3.05, 3.63) is 74.9 Å². The van der Waals surface area contributed by atoms with Crippen LogP contribution in [0.3, 0.4) is 0 Å². The van der Waals surface area contributed by atoms with Gasteiger partial charge < -0.3 is 10.2 Å². The quantitative estimate of drug-likeness (QED) is 0.603. The second-order valence-corrected chi connectivity index (χ2v) is 6.86. The van der Waals surface area contributed by atoms with Crippen LogP contribution in [0.5, 0.6) is 0 Å². The maximum absolute atomic E-state index is 13.7. The highest BCUT2D eigenvalue weighted by Gasteiger charge is 2.34. The summed E-state index contributed by atoms with van der Waals surface area (Å²) in [5, 5.41) is 2.90. The predicted molar refractivity (Wildman–Crippen MR) is 104 cm³/mol. The molecule has 0 unspecified atom stereocenters. The first-order valence-corrected chi connectivity index (χ1v) is 9.03. The van der Waals surface area contributed by atoms with E-state index in [1.54, 1.807) is 0 Å². The Labute approximate surface area is 176 Å². The number of carbonyl (C=O) groups excluding carboxylic acids is 2. The lowest BCUT2D eigenvalue weighted by Gasteiger charge is -2.13. The van der Waals surface area contributed by atoms with Crippen LogP contribution in [-0.2, 0) is 22.2 Å². The van der Waals surface area contributed by atoms with E-state index < -0.39 is 41.4 Å². The van der Waals surface area contributed by atoms with Crippen molar-refractivity contribution in [1.82, 2.24) is 4.73 Å². The van der Waals surface area contributed by atoms with E-state index >= 15 is 0 Å². The van der Waals surface area contributed by atoms with Crippen molar-refractivity contribution in [2.45, 2.75) is 19.5 Å². The standard InChI is InChI=1S/C20H13ClF4N2O4/c1-10(28)31-27-7-6-12-13(19(27)30)3-5-15(21)18(12)26-17(29)9-11-2-4-14(16(22)8-11)20(23,24)25/h2-8H,9H2,1H3,(H,26,29). The third kappa shape index (κ3) is 4.85. The Hall–Kier alpha value is -3.40. The van der Waals surface area contributed by atoms with Gasteiger partial charge in [0, 0.05) is 18.5 Å². The molecule has 6 nitrogen and oxygen atoms in total. The van der Waals surface area contributed by atoms with Gasteiger partial charge in [0.1, 0.15) is 5.82 Å². The first-order chi connectivity index (χ1) is 14.5. The summed E-state index contributed by atoms with van der Waals surface area (Å²) in [6.07, 6.45) is -4.12. The first-order valence-electron chi connectivity index (χ1n) is 8.65. The van der Waals surface area contributed by atoms with Crippen LogP contribution in [0.1, 0.15) is 18.1 Å². The van der Waals surface area contributed by atoms with Crippen LogP contribution in [0.2, 0.25) is 5.02 Å². The minimum absolute atomic E-state index is 0.0107. The SMILES string of the molecule is CC(=O)On1ccc2c(NC(=O)Cc3ccc(C(F)(F)F)c(F)c3)c(Cl)ccc2c1=O. The van der Waals surface area contributed by atoms with Crippen molar-refractivity contribution in [3.8, 4) is 0 Å². The second kappa shape index (κ2) is 8.38. The lowest BCUT2D eigenvalue weighted by molar-refractivity contribution is -0.142. The number of amides is 1. The Balaban J connectivity index is 1.89. The minimum atomic E-state index is -4.85. The van der Waals surface area contributed by atoms with E-state index in [9.17, 15) is 31.9 Å². The van der Waals surface area contributed by atoms with Crippen LogP contribution in [0, 0.1) is 5.82 Å². The number of benzene rings is 2. The van der Waals surface area contributed by atoms with Crippen LogP contribution in [0.15, 0.2) is 47.4 Å². The molecule has 0 spiro atoms. The van der Waals surface area contributed by atoms with Gasteiger partial charge in [-0.25, -0.2) is 9.18 Å². The Morgan fingerprint density at radius 1 is 1.13 bits per heavy atom. The lowest BCUT2D eigenvalue weighted by Crippen LogP contribution is -2.29. The summed E-state index contributed by atoms with van der Waals surface area (Å²) in [4.78, 5) is 40.7. The molecule has 0 atom stereocenters. The zero-order valence-corrected chi connectivity index (χ0v) is 16.5. The number of pyridine rings is 1. The summed E-state index contributed by atoms with van der Waals surface area (Å²) in [6.45, 7) is 1.12. The fourth-order valence-corrected chi connectivity index (χ4v) is 3.10. The molecule has 1 amide bonds. The van der Waals surface area contributed by atoms with Gasteiger partial charge in [0.15, 0.2) is 0 Å². The molecule has 0 aliphatic carbocycles. The van der Waals surface area contributed by atoms with Gasteiger partial charge in [-0.05, 0) is 35.9 Å². The molecule has 162 valence electrons. The molecule has 0 radical (unpaired) electrons. The highest BCUT2D eigenvalue weighted by molar-refractivity contribution is 6.35. The molecule has 3 rings (SSSR count). The number of rotatable bonds is 4. The number of halogens is 5. The summed E-state index contributed by atoms with van der Waals surface area (Å²) in [5.41, 5.74) is -2.03. The zero-order chi connectivity index (χ0) is 22.9. The maximum atomic E-state index is 13.7. The largest absolute Gasteiger partial charge is 0.419 e. The molecule has 0 saturated heterocycles. The fourth-order valence-electron chi connectivity index (χ4n) is 2.89. The molecule has 11 heteroatoms. The van der Waals surface area contributed by atoms with E-state index in [1.165, 1.54) is 24.4 Å². The minimum Gasteiger partial charge on any atom is -0.334 e. The smallest absolute Gasteiger partial charge is 0.334 e. The number of carbonyl (C=O) groups is 2.